The Bertz CT molecular complexity index is 796. The zero-order valence-electron chi connectivity index (χ0n) is 17.9. The fraction of sp³-hybridized carbons (Fsp3) is 0.417. The van der Waals surface area contributed by atoms with Gasteiger partial charge in [0.15, 0.2) is 6.61 Å². The lowest BCUT2D eigenvalue weighted by Crippen LogP contribution is -2.52. The number of benzene rings is 2. The Morgan fingerprint density at radius 1 is 1.03 bits per heavy atom. The number of carbonyl (C=O) groups excluding carboxylic acids is 2. The van der Waals surface area contributed by atoms with Crippen LogP contribution in [0.15, 0.2) is 54.6 Å². The molecule has 30 heavy (non-hydrogen) atoms. The van der Waals surface area contributed by atoms with Crippen LogP contribution in [-0.2, 0) is 16.0 Å². The van der Waals surface area contributed by atoms with Crippen LogP contribution in [0.3, 0.4) is 0 Å². The maximum Gasteiger partial charge on any atom is 0.261 e. The smallest absolute Gasteiger partial charge is 0.261 e. The Kier molecular flexibility index (Phi) is 10.1. The molecule has 2 aromatic rings. The zero-order valence-corrected chi connectivity index (χ0v) is 20.1. The first-order valence-electron chi connectivity index (χ1n) is 10.5. The van der Waals surface area contributed by atoms with Crippen LogP contribution in [0.5, 0.6) is 5.75 Å². The highest BCUT2D eigenvalue weighted by atomic mass is 127. The second kappa shape index (κ2) is 12.6. The summed E-state index contributed by atoms with van der Waals surface area (Å²) >= 11 is 2.22. The van der Waals surface area contributed by atoms with Crippen LogP contribution in [0.2, 0.25) is 0 Å². The van der Waals surface area contributed by atoms with Crippen molar-refractivity contribution in [3.05, 3.63) is 63.7 Å². The Balaban J connectivity index is 2.11. The molecule has 0 spiro atoms. The minimum absolute atomic E-state index is 0.0701. The molecule has 0 radical (unpaired) electrons. The molecule has 6 heteroatoms. The van der Waals surface area contributed by atoms with Crippen molar-refractivity contribution in [2.45, 2.75) is 52.1 Å². The van der Waals surface area contributed by atoms with Crippen molar-refractivity contribution >= 4 is 34.4 Å². The summed E-state index contributed by atoms with van der Waals surface area (Å²) in [7, 11) is 0. The number of hydrogen-bond donors (Lipinski definition) is 1. The van der Waals surface area contributed by atoms with E-state index in [-0.39, 0.29) is 24.5 Å². The molecule has 1 N–H and O–H groups in total. The zero-order chi connectivity index (χ0) is 21.9. The molecule has 2 amide bonds. The standard InChI is InChI=1S/C24H31IN2O3/c1-4-18(3)26-24(29)22(5-2)27(16-15-19-9-7-6-8-10-19)23(28)17-30-21-13-11-20(25)12-14-21/h6-14,18,22H,4-5,15-17H2,1-3H3,(H,26,29)/t18-,22+/m1/s1. The monoisotopic (exact) mass is 522 g/mol. The molecular formula is C24H31IN2O3. The molecule has 0 aromatic heterocycles. The van der Waals surface area contributed by atoms with Gasteiger partial charge in [0.25, 0.3) is 5.91 Å². The molecular weight excluding hydrogens is 491 g/mol. The van der Waals surface area contributed by atoms with Gasteiger partial charge < -0.3 is 15.0 Å². The minimum Gasteiger partial charge on any atom is -0.484 e. The van der Waals surface area contributed by atoms with Gasteiger partial charge in [-0.05, 0) is 78.6 Å². The van der Waals surface area contributed by atoms with Gasteiger partial charge in [-0.3, -0.25) is 9.59 Å². The molecule has 2 aromatic carbocycles. The number of halogens is 1. The molecule has 2 rings (SSSR count). The first kappa shape index (κ1) is 24.2. The van der Waals surface area contributed by atoms with Crippen LogP contribution in [0, 0.1) is 3.57 Å². The van der Waals surface area contributed by atoms with Gasteiger partial charge >= 0.3 is 0 Å². The highest BCUT2D eigenvalue weighted by Crippen LogP contribution is 2.15. The van der Waals surface area contributed by atoms with E-state index in [0.717, 1.165) is 15.6 Å². The number of ether oxygens (including phenoxy) is 1. The first-order chi connectivity index (χ1) is 14.4. The molecule has 0 bridgehead atoms. The molecule has 2 atom stereocenters. The molecule has 0 heterocycles. The van der Waals surface area contributed by atoms with E-state index in [4.69, 9.17) is 4.74 Å². The molecule has 0 saturated carbocycles. The summed E-state index contributed by atoms with van der Waals surface area (Å²) in [6, 6.07) is 17.1. The van der Waals surface area contributed by atoms with Crippen molar-refractivity contribution in [3.63, 3.8) is 0 Å². The normalized spacial score (nSPS) is 12.7. The average Bonchev–Trinajstić information content (AvgIpc) is 2.76. The average molecular weight is 522 g/mol. The van der Waals surface area contributed by atoms with Crippen LogP contribution in [-0.4, -0.2) is 41.9 Å². The van der Waals surface area contributed by atoms with E-state index in [0.29, 0.717) is 25.1 Å². The van der Waals surface area contributed by atoms with Crippen molar-refractivity contribution in [3.8, 4) is 5.75 Å². The van der Waals surface area contributed by atoms with Crippen LogP contribution in [0.1, 0.15) is 39.2 Å². The van der Waals surface area contributed by atoms with Crippen molar-refractivity contribution in [1.82, 2.24) is 10.2 Å². The van der Waals surface area contributed by atoms with Gasteiger partial charge in [-0.2, -0.15) is 0 Å². The maximum absolute atomic E-state index is 13.1. The Labute approximate surface area is 193 Å². The summed E-state index contributed by atoms with van der Waals surface area (Å²) < 4.78 is 6.81. The number of nitrogens with one attached hydrogen (secondary N) is 1. The fourth-order valence-corrected chi connectivity index (χ4v) is 3.46. The third-order valence-corrected chi connectivity index (χ3v) is 5.77. The molecule has 0 saturated heterocycles. The van der Waals surface area contributed by atoms with Gasteiger partial charge in [0.1, 0.15) is 11.8 Å². The van der Waals surface area contributed by atoms with Crippen LogP contribution >= 0.6 is 22.6 Å². The molecule has 162 valence electrons. The van der Waals surface area contributed by atoms with E-state index < -0.39 is 6.04 Å². The third-order valence-electron chi connectivity index (χ3n) is 5.05. The fourth-order valence-electron chi connectivity index (χ4n) is 3.10. The molecule has 0 aliphatic rings. The lowest BCUT2D eigenvalue weighted by atomic mass is 10.1. The SMILES string of the molecule is CC[C@@H](C)NC(=O)[C@H](CC)N(CCc1ccccc1)C(=O)COc1ccc(I)cc1. The molecule has 0 aliphatic heterocycles. The van der Waals surface area contributed by atoms with E-state index >= 15 is 0 Å². The van der Waals surface area contributed by atoms with Gasteiger partial charge in [0.2, 0.25) is 5.91 Å². The van der Waals surface area contributed by atoms with Gasteiger partial charge in [-0.25, -0.2) is 0 Å². The summed E-state index contributed by atoms with van der Waals surface area (Å²) in [4.78, 5) is 27.6. The predicted molar refractivity (Wildman–Crippen MR) is 128 cm³/mol. The summed E-state index contributed by atoms with van der Waals surface area (Å²) in [5.74, 6) is 0.349. The van der Waals surface area contributed by atoms with E-state index in [1.165, 1.54) is 0 Å². The first-order valence-corrected chi connectivity index (χ1v) is 11.5. The number of amides is 2. The van der Waals surface area contributed by atoms with Crippen LogP contribution < -0.4 is 10.1 Å². The highest BCUT2D eigenvalue weighted by Gasteiger charge is 2.29. The lowest BCUT2D eigenvalue weighted by Gasteiger charge is -2.31. The quantitative estimate of drug-likeness (QED) is 0.445. The van der Waals surface area contributed by atoms with E-state index in [1.54, 1.807) is 4.90 Å². The van der Waals surface area contributed by atoms with Crippen molar-refractivity contribution in [2.24, 2.45) is 0 Å². The molecule has 0 fully saturated rings. The van der Waals surface area contributed by atoms with Crippen LogP contribution in [0.4, 0.5) is 0 Å². The lowest BCUT2D eigenvalue weighted by molar-refractivity contribution is -0.142. The molecule has 0 unspecified atom stereocenters. The van der Waals surface area contributed by atoms with Crippen LogP contribution in [0.25, 0.3) is 0 Å². The molecule has 0 aliphatic carbocycles. The van der Waals surface area contributed by atoms with Gasteiger partial charge in [-0.15, -0.1) is 0 Å². The Hall–Kier alpha value is -2.09. The van der Waals surface area contributed by atoms with E-state index in [9.17, 15) is 9.59 Å². The largest absolute Gasteiger partial charge is 0.484 e. The third kappa shape index (κ3) is 7.63. The second-order valence-electron chi connectivity index (χ2n) is 7.31. The summed E-state index contributed by atoms with van der Waals surface area (Å²) in [5, 5.41) is 3.02. The minimum atomic E-state index is -0.518. The second-order valence-corrected chi connectivity index (χ2v) is 8.55. The van der Waals surface area contributed by atoms with Crippen molar-refractivity contribution in [1.29, 1.82) is 0 Å². The summed E-state index contributed by atoms with van der Waals surface area (Å²) in [6.07, 6.45) is 2.08. The van der Waals surface area contributed by atoms with Crippen molar-refractivity contribution < 1.29 is 14.3 Å². The topological polar surface area (TPSA) is 58.6 Å². The number of nitrogens with zero attached hydrogens (tertiary/aromatic N) is 1. The highest BCUT2D eigenvalue weighted by molar-refractivity contribution is 14.1. The Morgan fingerprint density at radius 2 is 1.70 bits per heavy atom. The van der Waals surface area contributed by atoms with E-state index in [1.807, 2.05) is 75.4 Å². The van der Waals surface area contributed by atoms with Gasteiger partial charge in [-0.1, -0.05) is 44.2 Å². The molecule has 5 nitrogen and oxygen atoms in total. The van der Waals surface area contributed by atoms with Gasteiger partial charge in [0, 0.05) is 16.2 Å². The Morgan fingerprint density at radius 3 is 2.30 bits per heavy atom. The van der Waals surface area contributed by atoms with E-state index in [2.05, 4.69) is 27.9 Å². The predicted octanol–water partition coefficient (Wildman–Crippen LogP) is 4.43. The van der Waals surface area contributed by atoms with Gasteiger partial charge in [0.05, 0.1) is 0 Å². The number of carbonyl (C=O) groups is 2. The summed E-state index contributed by atoms with van der Waals surface area (Å²) in [5.41, 5.74) is 1.13. The van der Waals surface area contributed by atoms with Crippen molar-refractivity contribution in [2.75, 3.05) is 13.2 Å². The maximum atomic E-state index is 13.1. The number of hydrogen-bond acceptors (Lipinski definition) is 3. The summed E-state index contributed by atoms with van der Waals surface area (Å²) in [6.45, 7) is 6.30. The number of rotatable bonds is 11.